The second-order valence-corrected chi connectivity index (χ2v) is 8.70. The molecule has 2 aromatic carbocycles. The lowest BCUT2D eigenvalue weighted by molar-refractivity contribution is -0.141. The van der Waals surface area contributed by atoms with Crippen LogP contribution in [0, 0.1) is 11.2 Å². The van der Waals surface area contributed by atoms with Crippen molar-refractivity contribution in [1.82, 2.24) is 15.2 Å². The number of piperidine rings is 1. The largest absolute Gasteiger partial charge is 0.359 e. The monoisotopic (exact) mass is 445 g/mol. The zero-order valence-corrected chi connectivity index (χ0v) is 18.8. The van der Waals surface area contributed by atoms with Crippen LogP contribution in [0.5, 0.6) is 0 Å². The van der Waals surface area contributed by atoms with Crippen molar-refractivity contribution in [1.29, 1.82) is 0 Å². The summed E-state index contributed by atoms with van der Waals surface area (Å²) in [5.41, 5.74) is 3.19. The summed E-state index contributed by atoms with van der Waals surface area (Å²) in [7, 11) is 1.65. The van der Waals surface area contributed by atoms with Crippen LogP contribution >= 0.6 is 0 Å². The summed E-state index contributed by atoms with van der Waals surface area (Å²) < 4.78 is 13.2. The first-order valence-electron chi connectivity index (χ1n) is 11.2. The van der Waals surface area contributed by atoms with Gasteiger partial charge in [-0.25, -0.2) is 4.39 Å². The number of rotatable bonds is 6. The van der Waals surface area contributed by atoms with Crippen molar-refractivity contribution in [3.8, 4) is 11.1 Å². The summed E-state index contributed by atoms with van der Waals surface area (Å²) in [5, 5.41) is 2.83. The number of halogens is 1. The molecule has 1 N–H and O–H groups in total. The zero-order chi connectivity index (χ0) is 23.3. The Hall–Kier alpha value is -3.54. The Kier molecular flexibility index (Phi) is 6.82. The molecule has 170 valence electrons. The number of hydrogen-bond donors (Lipinski definition) is 1. The first-order chi connectivity index (χ1) is 16.0. The normalized spacial score (nSPS) is 18.1. The van der Waals surface area contributed by atoms with Crippen molar-refractivity contribution < 1.29 is 14.0 Å². The maximum atomic E-state index is 13.2. The van der Waals surface area contributed by atoms with Gasteiger partial charge in [-0.3, -0.25) is 14.6 Å². The first kappa shape index (κ1) is 22.6. The quantitative estimate of drug-likeness (QED) is 0.623. The van der Waals surface area contributed by atoms with Crippen LogP contribution in [0.3, 0.4) is 0 Å². The van der Waals surface area contributed by atoms with Gasteiger partial charge in [0, 0.05) is 32.5 Å². The van der Waals surface area contributed by atoms with Gasteiger partial charge in [-0.2, -0.15) is 0 Å². The second-order valence-electron chi connectivity index (χ2n) is 8.70. The number of pyridine rings is 1. The highest BCUT2D eigenvalue weighted by Gasteiger charge is 2.43. The number of hydrogen-bond acceptors (Lipinski definition) is 3. The number of likely N-dealkylation sites (tertiary alicyclic amines) is 1. The van der Waals surface area contributed by atoms with Gasteiger partial charge >= 0.3 is 0 Å². The molecule has 1 fully saturated rings. The van der Waals surface area contributed by atoms with Gasteiger partial charge in [-0.05, 0) is 59.7 Å². The van der Waals surface area contributed by atoms with E-state index < -0.39 is 5.41 Å². The maximum absolute atomic E-state index is 13.2. The average molecular weight is 446 g/mol. The molecule has 2 amide bonds. The minimum Gasteiger partial charge on any atom is -0.359 e. The van der Waals surface area contributed by atoms with Gasteiger partial charge in [0.2, 0.25) is 11.8 Å². The molecule has 2 heterocycles. The van der Waals surface area contributed by atoms with E-state index in [9.17, 15) is 14.0 Å². The third-order valence-corrected chi connectivity index (χ3v) is 6.37. The highest BCUT2D eigenvalue weighted by Crippen LogP contribution is 2.35. The van der Waals surface area contributed by atoms with Crippen molar-refractivity contribution in [2.75, 3.05) is 20.1 Å². The van der Waals surface area contributed by atoms with E-state index in [2.05, 4.69) is 16.4 Å². The van der Waals surface area contributed by atoms with Gasteiger partial charge in [0.1, 0.15) is 5.82 Å². The number of aromatic nitrogens is 1. The molecule has 0 bridgehead atoms. The predicted molar refractivity (Wildman–Crippen MR) is 126 cm³/mol. The van der Waals surface area contributed by atoms with E-state index in [0.717, 1.165) is 28.7 Å². The van der Waals surface area contributed by atoms with Gasteiger partial charge < -0.3 is 10.2 Å². The van der Waals surface area contributed by atoms with Gasteiger partial charge in [-0.1, -0.05) is 42.5 Å². The Bertz CT molecular complexity index is 1120. The van der Waals surface area contributed by atoms with E-state index in [4.69, 9.17) is 0 Å². The molecule has 1 atom stereocenters. The fourth-order valence-electron chi connectivity index (χ4n) is 4.69. The van der Waals surface area contributed by atoms with Crippen molar-refractivity contribution in [2.24, 2.45) is 5.41 Å². The Balaban J connectivity index is 1.55. The molecule has 1 aromatic heterocycles. The van der Waals surface area contributed by atoms with E-state index in [1.807, 2.05) is 36.5 Å². The smallest absolute Gasteiger partial charge is 0.228 e. The minimum atomic E-state index is -0.695. The predicted octanol–water partition coefficient (Wildman–Crippen LogP) is 4.03. The summed E-state index contributed by atoms with van der Waals surface area (Å²) in [4.78, 5) is 32.1. The lowest BCUT2D eigenvalue weighted by Gasteiger charge is -2.41. The van der Waals surface area contributed by atoms with E-state index in [-0.39, 0.29) is 24.1 Å². The van der Waals surface area contributed by atoms with Crippen LogP contribution in [0.1, 0.15) is 24.0 Å². The average Bonchev–Trinajstić information content (AvgIpc) is 2.85. The first-order valence-corrected chi connectivity index (χ1v) is 11.2. The fourth-order valence-corrected chi connectivity index (χ4v) is 4.69. The standard InChI is InChI=1S/C27H28FN3O2/c1-29-26(33)27(17-21-5-2-6-22(15-21)23-7-3-13-30-18-23)12-4-14-31(19-27)25(32)16-20-8-10-24(28)11-9-20/h2-3,5-11,13,15,18H,4,12,14,16-17,19H2,1H3,(H,29,33)/t27-/m1/s1. The molecule has 0 unspecified atom stereocenters. The number of carbonyl (C=O) groups excluding carboxylic acids is 2. The van der Waals surface area contributed by atoms with Crippen LogP contribution in [0.25, 0.3) is 11.1 Å². The molecule has 5 nitrogen and oxygen atoms in total. The molecule has 0 saturated carbocycles. The summed E-state index contributed by atoms with van der Waals surface area (Å²) >= 11 is 0. The summed E-state index contributed by atoms with van der Waals surface area (Å²) in [6, 6.07) is 18.1. The van der Waals surface area contributed by atoms with Crippen LogP contribution in [-0.2, 0) is 22.4 Å². The maximum Gasteiger partial charge on any atom is 0.228 e. The lowest BCUT2D eigenvalue weighted by atomic mass is 9.74. The molecule has 33 heavy (non-hydrogen) atoms. The summed E-state index contributed by atoms with van der Waals surface area (Å²) in [6.45, 7) is 0.984. The number of amides is 2. The fraction of sp³-hybridized carbons (Fsp3) is 0.296. The Morgan fingerprint density at radius 2 is 1.85 bits per heavy atom. The summed E-state index contributed by atoms with van der Waals surface area (Å²) in [6.07, 6.45) is 5.77. The molecule has 6 heteroatoms. The van der Waals surface area contributed by atoms with Crippen molar-refractivity contribution in [3.63, 3.8) is 0 Å². The molecule has 0 radical (unpaired) electrons. The number of nitrogens with zero attached hydrogens (tertiary/aromatic N) is 2. The lowest BCUT2D eigenvalue weighted by Crippen LogP contribution is -2.54. The van der Waals surface area contributed by atoms with Crippen LogP contribution in [0.2, 0.25) is 0 Å². The van der Waals surface area contributed by atoms with Gasteiger partial charge in [0.15, 0.2) is 0 Å². The molecule has 1 aliphatic rings. The molecule has 4 rings (SSSR count). The zero-order valence-electron chi connectivity index (χ0n) is 18.8. The topological polar surface area (TPSA) is 62.3 Å². The van der Waals surface area contributed by atoms with Crippen molar-refractivity contribution in [3.05, 3.63) is 90.0 Å². The van der Waals surface area contributed by atoms with E-state index >= 15 is 0 Å². The molecular formula is C27H28FN3O2. The Morgan fingerprint density at radius 1 is 1.06 bits per heavy atom. The third-order valence-electron chi connectivity index (χ3n) is 6.37. The minimum absolute atomic E-state index is 0.0429. The second kappa shape index (κ2) is 9.94. The molecule has 1 saturated heterocycles. The number of benzene rings is 2. The van der Waals surface area contributed by atoms with E-state index in [1.165, 1.54) is 12.1 Å². The highest BCUT2D eigenvalue weighted by atomic mass is 19.1. The van der Waals surface area contributed by atoms with Crippen LogP contribution in [0.15, 0.2) is 73.1 Å². The van der Waals surface area contributed by atoms with Gasteiger partial charge in [0.25, 0.3) is 0 Å². The number of nitrogens with one attached hydrogen (secondary N) is 1. The van der Waals surface area contributed by atoms with E-state index in [0.29, 0.717) is 25.9 Å². The summed E-state index contributed by atoms with van der Waals surface area (Å²) in [5.74, 6) is -0.413. The van der Waals surface area contributed by atoms with Crippen LogP contribution in [-0.4, -0.2) is 41.8 Å². The van der Waals surface area contributed by atoms with Crippen LogP contribution in [0.4, 0.5) is 4.39 Å². The van der Waals surface area contributed by atoms with Crippen molar-refractivity contribution in [2.45, 2.75) is 25.7 Å². The highest BCUT2D eigenvalue weighted by molar-refractivity contribution is 5.85. The Morgan fingerprint density at radius 3 is 2.58 bits per heavy atom. The molecule has 0 spiro atoms. The van der Waals surface area contributed by atoms with Gasteiger partial charge in [0.05, 0.1) is 11.8 Å². The van der Waals surface area contributed by atoms with Gasteiger partial charge in [-0.15, -0.1) is 0 Å². The van der Waals surface area contributed by atoms with Crippen LogP contribution < -0.4 is 5.32 Å². The Labute approximate surface area is 193 Å². The van der Waals surface area contributed by atoms with E-state index in [1.54, 1.807) is 30.3 Å². The SMILES string of the molecule is CNC(=O)[C@@]1(Cc2cccc(-c3cccnc3)c2)CCCN(C(=O)Cc2ccc(F)cc2)C1. The molecular weight excluding hydrogens is 417 g/mol. The number of carbonyl (C=O) groups is 2. The molecule has 1 aliphatic heterocycles. The molecule has 3 aromatic rings. The third kappa shape index (κ3) is 5.28. The van der Waals surface area contributed by atoms with Crippen molar-refractivity contribution >= 4 is 11.8 Å². The molecule has 0 aliphatic carbocycles.